The van der Waals surface area contributed by atoms with Crippen LogP contribution in [0.25, 0.3) is 0 Å². The van der Waals surface area contributed by atoms with E-state index in [-0.39, 0.29) is 12.0 Å². The zero-order valence-corrected chi connectivity index (χ0v) is 15.7. The fourth-order valence-electron chi connectivity index (χ4n) is 2.29. The van der Waals surface area contributed by atoms with Crippen molar-refractivity contribution in [2.75, 3.05) is 14.2 Å². The van der Waals surface area contributed by atoms with Crippen LogP contribution < -0.4 is 19.6 Å². The van der Waals surface area contributed by atoms with E-state index < -0.39 is 0 Å². The number of nitrogens with zero attached hydrogens (tertiary/aromatic N) is 1. The van der Waals surface area contributed by atoms with Crippen molar-refractivity contribution in [3.8, 4) is 17.2 Å². The number of ether oxygens (including phenoxy) is 3. The number of carbonyl (C=O) groups excluding carboxylic acids is 1. The summed E-state index contributed by atoms with van der Waals surface area (Å²) in [5, 5.41) is 4.16. The van der Waals surface area contributed by atoms with Gasteiger partial charge in [0.05, 0.1) is 26.0 Å². The number of rotatable bonds is 7. The molecule has 1 amide bonds. The molecule has 0 aromatic heterocycles. The van der Waals surface area contributed by atoms with E-state index in [4.69, 9.17) is 14.2 Å². The lowest BCUT2D eigenvalue weighted by atomic mass is 10.1. The lowest BCUT2D eigenvalue weighted by Crippen LogP contribution is -2.19. The van der Waals surface area contributed by atoms with Crippen LogP contribution in [0.2, 0.25) is 0 Å². The molecule has 0 saturated carbocycles. The highest BCUT2D eigenvalue weighted by Crippen LogP contribution is 2.27. The molecule has 6 nitrogen and oxygen atoms in total. The summed E-state index contributed by atoms with van der Waals surface area (Å²) in [5.74, 6) is 1.52. The van der Waals surface area contributed by atoms with E-state index in [0.717, 1.165) is 11.3 Å². The normalized spacial score (nSPS) is 11.2. The molecule has 0 radical (unpaired) electrons. The van der Waals surface area contributed by atoms with E-state index in [1.165, 1.54) is 7.11 Å². The lowest BCUT2D eigenvalue weighted by molar-refractivity contribution is 0.0954. The molecule has 6 heteroatoms. The first kappa shape index (κ1) is 19.3. The van der Waals surface area contributed by atoms with Crippen LogP contribution in [0.15, 0.2) is 47.6 Å². The number of hydrazone groups is 1. The molecule has 0 bridgehead atoms. The molecule has 0 unspecified atom stereocenters. The minimum absolute atomic E-state index is 0.122. The van der Waals surface area contributed by atoms with Crippen molar-refractivity contribution < 1.29 is 19.0 Å². The maximum Gasteiger partial charge on any atom is 0.271 e. The maximum atomic E-state index is 12.3. The highest BCUT2D eigenvalue weighted by atomic mass is 16.5. The molecular weight excluding hydrogens is 332 g/mol. The Morgan fingerprint density at radius 2 is 1.58 bits per heavy atom. The van der Waals surface area contributed by atoms with Crippen molar-refractivity contribution in [3.63, 3.8) is 0 Å². The van der Waals surface area contributed by atoms with Gasteiger partial charge >= 0.3 is 0 Å². The second kappa shape index (κ2) is 8.89. The van der Waals surface area contributed by atoms with Gasteiger partial charge in [0.2, 0.25) is 0 Å². The van der Waals surface area contributed by atoms with Crippen molar-refractivity contribution in [2.45, 2.75) is 26.9 Å². The summed E-state index contributed by atoms with van der Waals surface area (Å²) < 4.78 is 16.0. The molecule has 0 aliphatic heterocycles. The molecule has 0 atom stereocenters. The Balaban J connectivity index is 2.07. The van der Waals surface area contributed by atoms with E-state index in [2.05, 4.69) is 10.5 Å². The number of benzene rings is 2. The van der Waals surface area contributed by atoms with Gasteiger partial charge in [-0.15, -0.1) is 0 Å². The third-order valence-electron chi connectivity index (χ3n) is 3.61. The topological polar surface area (TPSA) is 69.2 Å². The van der Waals surface area contributed by atoms with Gasteiger partial charge in [0.25, 0.3) is 5.91 Å². The van der Waals surface area contributed by atoms with E-state index in [9.17, 15) is 4.79 Å². The van der Waals surface area contributed by atoms with Crippen molar-refractivity contribution in [1.82, 2.24) is 5.43 Å². The van der Waals surface area contributed by atoms with Gasteiger partial charge in [0, 0.05) is 5.56 Å². The van der Waals surface area contributed by atoms with Crippen molar-refractivity contribution in [1.29, 1.82) is 0 Å². The predicted molar refractivity (Wildman–Crippen MR) is 101 cm³/mol. The van der Waals surface area contributed by atoms with Gasteiger partial charge in [-0.1, -0.05) is 0 Å². The molecule has 0 fully saturated rings. The average Bonchev–Trinajstić information content (AvgIpc) is 2.65. The Morgan fingerprint density at radius 1 is 0.962 bits per heavy atom. The molecule has 26 heavy (non-hydrogen) atoms. The first-order valence-electron chi connectivity index (χ1n) is 8.28. The Labute approximate surface area is 153 Å². The van der Waals surface area contributed by atoms with Gasteiger partial charge in [-0.2, -0.15) is 5.10 Å². The third kappa shape index (κ3) is 4.99. The first-order valence-corrected chi connectivity index (χ1v) is 8.28. The summed E-state index contributed by atoms with van der Waals surface area (Å²) in [7, 11) is 3.07. The number of methoxy groups -OCH3 is 2. The largest absolute Gasteiger partial charge is 0.493 e. The maximum absolute atomic E-state index is 12.3. The van der Waals surface area contributed by atoms with Crippen LogP contribution in [0.5, 0.6) is 17.2 Å². The molecule has 1 N–H and O–H groups in total. The van der Waals surface area contributed by atoms with Crippen molar-refractivity contribution in [3.05, 3.63) is 53.6 Å². The molecule has 2 rings (SSSR count). The van der Waals surface area contributed by atoms with Crippen LogP contribution in [0.3, 0.4) is 0 Å². The van der Waals surface area contributed by atoms with Gasteiger partial charge in [0.1, 0.15) is 5.75 Å². The SMILES string of the molecule is COc1ccc(C(=O)N/N=C(/C)c2ccc(OC(C)C)cc2)cc1OC. The van der Waals surface area contributed by atoms with Crippen LogP contribution in [-0.4, -0.2) is 31.9 Å². The second-order valence-corrected chi connectivity index (χ2v) is 5.90. The Bertz CT molecular complexity index is 783. The molecule has 2 aromatic rings. The van der Waals surface area contributed by atoms with E-state index >= 15 is 0 Å². The van der Waals surface area contributed by atoms with Gasteiger partial charge in [-0.05, 0) is 68.8 Å². The zero-order valence-electron chi connectivity index (χ0n) is 15.7. The number of nitrogens with one attached hydrogen (secondary N) is 1. The number of amides is 1. The van der Waals surface area contributed by atoms with Gasteiger partial charge in [-0.25, -0.2) is 5.43 Å². The van der Waals surface area contributed by atoms with Crippen LogP contribution >= 0.6 is 0 Å². The number of hydrogen-bond acceptors (Lipinski definition) is 5. The molecule has 0 aliphatic carbocycles. The summed E-state index contributed by atoms with van der Waals surface area (Å²) in [5.41, 5.74) is 4.57. The van der Waals surface area contributed by atoms with Gasteiger partial charge in [0.15, 0.2) is 11.5 Å². The van der Waals surface area contributed by atoms with Crippen molar-refractivity contribution in [2.24, 2.45) is 5.10 Å². The summed E-state index contributed by atoms with van der Waals surface area (Å²) >= 11 is 0. The van der Waals surface area contributed by atoms with Crippen LogP contribution in [0.4, 0.5) is 0 Å². The fourth-order valence-corrected chi connectivity index (χ4v) is 2.29. The monoisotopic (exact) mass is 356 g/mol. The highest BCUT2D eigenvalue weighted by Gasteiger charge is 2.10. The molecule has 138 valence electrons. The fraction of sp³-hybridized carbons (Fsp3) is 0.300. The van der Waals surface area contributed by atoms with Crippen molar-refractivity contribution >= 4 is 11.6 Å². The van der Waals surface area contributed by atoms with E-state index in [0.29, 0.717) is 22.8 Å². The molecule has 0 heterocycles. The summed E-state index contributed by atoms with van der Waals surface area (Å²) in [6.45, 7) is 5.78. The number of hydrogen-bond donors (Lipinski definition) is 1. The molecule has 0 saturated heterocycles. The Morgan fingerprint density at radius 3 is 2.15 bits per heavy atom. The second-order valence-electron chi connectivity index (χ2n) is 5.90. The minimum Gasteiger partial charge on any atom is -0.493 e. The quantitative estimate of drug-likeness (QED) is 0.607. The summed E-state index contributed by atoms with van der Waals surface area (Å²) in [4.78, 5) is 12.3. The van der Waals surface area contributed by atoms with Gasteiger partial charge < -0.3 is 14.2 Å². The van der Waals surface area contributed by atoms with Crippen LogP contribution in [-0.2, 0) is 0 Å². The molecule has 2 aromatic carbocycles. The first-order chi connectivity index (χ1) is 12.4. The smallest absolute Gasteiger partial charge is 0.271 e. The van der Waals surface area contributed by atoms with Crippen LogP contribution in [0, 0.1) is 0 Å². The zero-order chi connectivity index (χ0) is 19.1. The van der Waals surface area contributed by atoms with Crippen LogP contribution in [0.1, 0.15) is 36.7 Å². The summed E-state index contributed by atoms with van der Waals surface area (Å²) in [6.07, 6.45) is 0.122. The predicted octanol–water partition coefficient (Wildman–Crippen LogP) is 3.65. The van der Waals surface area contributed by atoms with E-state index in [1.807, 2.05) is 45.0 Å². The average molecular weight is 356 g/mol. The Kier molecular flexibility index (Phi) is 6.60. The summed E-state index contributed by atoms with van der Waals surface area (Å²) in [6, 6.07) is 12.5. The Hall–Kier alpha value is -3.02. The number of carbonyl (C=O) groups is 1. The van der Waals surface area contributed by atoms with Gasteiger partial charge in [-0.3, -0.25) is 4.79 Å². The molecule has 0 aliphatic rings. The molecular formula is C20H24N2O4. The highest BCUT2D eigenvalue weighted by molar-refractivity contribution is 6.01. The minimum atomic E-state index is -0.329. The lowest BCUT2D eigenvalue weighted by Gasteiger charge is -2.10. The molecule has 0 spiro atoms. The standard InChI is InChI=1S/C20H24N2O4/c1-13(2)26-17-9-6-15(7-10-17)14(3)21-22-20(23)16-8-11-18(24-4)19(12-16)25-5/h6-13H,1-5H3,(H,22,23)/b21-14-. The third-order valence-corrected chi connectivity index (χ3v) is 3.61. The van der Waals surface area contributed by atoms with E-state index in [1.54, 1.807) is 25.3 Å².